The topological polar surface area (TPSA) is 38.3 Å². The van der Waals surface area contributed by atoms with E-state index in [0.29, 0.717) is 5.92 Å². The van der Waals surface area contributed by atoms with Crippen molar-refractivity contribution in [2.24, 2.45) is 17.8 Å². The minimum absolute atomic E-state index is 0.130. The highest BCUT2D eigenvalue weighted by atomic mass is 19.3. The fraction of sp³-hybridized carbons (Fsp3) is 0.588. The van der Waals surface area contributed by atoms with Crippen LogP contribution in [0, 0.1) is 17.8 Å². The molecule has 1 aromatic rings. The summed E-state index contributed by atoms with van der Waals surface area (Å²) < 4.78 is 28.6. The van der Waals surface area contributed by atoms with E-state index in [0.717, 1.165) is 17.9 Å². The Morgan fingerprint density at radius 2 is 1.95 bits per heavy atom. The van der Waals surface area contributed by atoms with Gasteiger partial charge in [0, 0.05) is 5.92 Å². The number of amides is 1. The van der Waals surface area contributed by atoms with Crippen molar-refractivity contribution in [3.8, 4) is 5.75 Å². The summed E-state index contributed by atoms with van der Waals surface area (Å²) in [5.41, 5.74) is 0.887. The monoisotopic (exact) mass is 309 g/mol. The van der Waals surface area contributed by atoms with Crippen molar-refractivity contribution < 1.29 is 18.3 Å². The van der Waals surface area contributed by atoms with Gasteiger partial charge in [0.2, 0.25) is 5.91 Å². The summed E-state index contributed by atoms with van der Waals surface area (Å²) in [6, 6.07) is 6.29. The summed E-state index contributed by atoms with van der Waals surface area (Å²) in [5.74, 6) is 1.71. The summed E-state index contributed by atoms with van der Waals surface area (Å²) in [7, 11) is 0. The minimum Gasteiger partial charge on any atom is -0.435 e. The third-order valence-corrected chi connectivity index (χ3v) is 5.04. The van der Waals surface area contributed by atoms with Gasteiger partial charge < -0.3 is 10.1 Å². The number of benzene rings is 1. The van der Waals surface area contributed by atoms with Gasteiger partial charge in [0.05, 0.1) is 6.04 Å². The van der Waals surface area contributed by atoms with Gasteiger partial charge >= 0.3 is 6.61 Å². The van der Waals surface area contributed by atoms with Gasteiger partial charge in [0.15, 0.2) is 0 Å². The molecule has 1 N–H and O–H groups in total. The summed E-state index contributed by atoms with van der Waals surface area (Å²) in [4.78, 5) is 12.4. The molecule has 0 aromatic heterocycles. The average Bonchev–Trinajstić information content (AvgIpc) is 3.10. The molecule has 0 heterocycles. The van der Waals surface area contributed by atoms with Crippen LogP contribution in [0.1, 0.15) is 44.2 Å². The zero-order valence-electron chi connectivity index (χ0n) is 12.6. The van der Waals surface area contributed by atoms with Gasteiger partial charge in [0.25, 0.3) is 0 Å². The van der Waals surface area contributed by atoms with Crippen molar-refractivity contribution in [2.45, 2.75) is 45.3 Å². The van der Waals surface area contributed by atoms with Crippen LogP contribution in [0.3, 0.4) is 0 Å². The summed E-state index contributed by atoms with van der Waals surface area (Å²) >= 11 is 0. The molecule has 4 atom stereocenters. The predicted octanol–water partition coefficient (Wildman–Crippen LogP) is 3.90. The molecule has 3 nitrogen and oxygen atoms in total. The number of hydrogen-bond acceptors (Lipinski definition) is 2. The van der Waals surface area contributed by atoms with Crippen LogP contribution in [0.4, 0.5) is 8.78 Å². The van der Waals surface area contributed by atoms with E-state index in [1.807, 2.05) is 6.92 Å². The maximum atomic E-state index is 12.4. The number of halogens is 2. The molecule has 2 saturated carbocycles. The molecular formula is C17H21F2NO2. The standard InChI is InChI=1S/C17H21F2NO2/c1-10(12-4-6-14(7-5-12)22-17(18)19)20-16(21)15-9-11-2-3-13(15)8-11/h4-7,10-11,13,15,17H,2-3,8-9H2,1H3,(H,20,21). The number of nitrogens with one attached hydrogen (secondary N) is 1. The minimum atomic E-state index is -2.82. The molecule has 3 rings (SSSR count). The normalized spacial score (nSPS) is 27.9. The fourth-order valence-corrected chi connectivity index (χ4v) is 3.91. The molecule has 4 unspecified atom stereocenters. The number of rotatable bonds is 5. The van der Waals surface area contributed by atoms with Crippen molar-refractivity contribution in [1.29, 1.82) is 0 Å². The molecule has 2 aliphatic rings. The van der Waals surface area contributed by atoms with Crippen molar-refractivity contribution in [1.82, 2.24) is 5.32 Å². The molecule has 22 heavy (non-hydrogen) atoms. The Morgan fingerprint density at radius 1 is 1.23 bits per heavy atom. The Morgan fingerprint density at radius 3 is 2.50 bits per heavy atom. The Kier molecular flexibility index (Phi) is 4.32. The first-order chi connectivity index (χ1) is 10.5. The smallest absolute Gasteiger partial charge is 0.387 e. The maximum absolute atomic E-state index is 12.4. The second kappa shape index (κ2) is 6.23. The lowest BCUT2D eigenvalue weighted by atomic mass is 9.88. The van der Waals surface area contributed by atoms with Gasteiger partial charge in [-0.3, -0.25) is 4.79 Å². The molecular weight excluding hydrogens is 288 g/mol. The van der Waals surface area contributed by atoms with Crippen LogP contribution >= 0.6 is 0 Å². The SMILES string of the molecule is CC(NC(=O)C1CC2CCC1C2)c1ccc(OC(F)F)cc1. The largest absolute Gasteiger partial charge is 0.435 e. The van der Waals surface area contributed by atoms with Crippen LogP contribution in [0.25, 0.3) is 0 Å². The van der Waals surface area contributed by atoms with E-state index in [9.17, 15) is 13.6 Å². The average molecular weight is 309 g/mol. The van der Waals surface area contributed by atoms with E-state index >= 15 is 0 Å². The second-order valence-electron chi connectivity index (χ2n) is 6.46. The molecule has 2 fully saturated rings. The Balaban J connectivity index is 1.57. The van der Waals surface area contributed by atoms with Gasteiger partial charge in [-0.25, -0.2) is 0 Å². The van der Waals surface area contributed by atoms with Gasteiger partial charge in [-0.2, -0.15) is 8.78 Å². The summed E-state index contributed by atoms with van der Waals surface area (Å²) in [6.07, 6.45) is 4.67. The third kappa shape index (κ3) is 3.23. The lowest BCUT2D eigenvalue weighted by molar-refractivity contribution is -0.127. The van der Waals surface area contributed by atoms with E-state index in [-0.39, 0.29) is 23.6 Å². The highest BCUT2D eigenvalue weighted by Gasteiger charge is 2.43. The fourth-order valence-electron chi connectivity index (χ4n) is 3.91. The number of fused-ring (bicyclic) bond motifs is 2. The number of ether oxygens (including phenoxy) is 1. The van der Waals surface area contributed by atoms with Crippen molar-refractivity contribution >= 4 is 5.91 Å². The molecule has 0 spiro atoms. The molecule has 0 saturated heterocycles. The summed E-state index contributed by atoms with van der Waals surface area (Å²) in [5, 5.41) is 3.06. The lowest BCUT2D eigenvalue weighted by Crippen LogP contribution is -2.35. The van der Waals surface area contributed by atoms with Gasteiger partial charge in [-0.1, -0.05) is 18.6 Å². The number of alkyl halides is 2. The van der Waals surface area contributed by atoms with E-state index in [1.165, 1.54) is 31.4 Å². The molecule has 2 bridgehead atoms. The van der Waals surface area contributed by atoms with Crippen LogP contribution in [0.5, 0.6) is 5.75 Å². The van der Waals surface area contributed by atoms with Crippen LogP contribution in [-0.2, 0) is 4.79 Å². The predicted molar refractivity (Wildman–Crippen MR) is 78.6 cm³/mol. The van der Waals surface area contributed by atoms with E-state index in [2.05, 4.69) is 10.1 Å². The lowest BCUT2D eigenvalue weighted by Gasteiger charge is -2.23. The molecule has 2 aliphatic carbocycles. The molecule has 1 amide bonds. The quantitative estimate of drug-likeness (QED) is 0.896. The van der Waals surface area contributed by atoms with Crippen LogP contribution in [0.15, 0.2) is 24.3 Å². The molecule has 0 aliphatic heterocycles. The maximum Gasteiger partial charge on any atom is 0.387 e. The Labute approximate surface area is 129 Å². The van der Waals surface area contributed by atoms with Gasteiger partial charge in [0.1, 0.15) is 5.75 Å². The third-order valence-electron chi connectivity index (χ3n) is 5.04. The van der Waals surface area contributed by atoms with Crippen LogP contribution in [0.2, 0.25) is 0 Å². The highest BCUT2D eigenvalue weighted by molar-refractivity contribution is 5.80. The molecule has 1 aromatic carbocycles. The van der Waals surface area contributed by atoms with Crippen molar-refractivity contribution in [3.63, 3.8) is 0 Å². The van der Waals surface area contributed by atoms with E-state index in [4.69, 9.17) is 0 Å². The zero-order valence-corrected chi connectivity index (χ0v) is 12.6. The number of carbonyl (C=O) groups is 1. The number of hydrogen-bond donors (Lipinski definition) is 1. The first kappa shape index (κ1) is 15.3. The zero-order chi connectivity index (χ0) is 15.7. The van der Waals surface area contributed by atoms with Crippen molar-refractivity contribution in [3.05, 3.63) is 29.8 Å². The van der Waals surface area contributed by atoms with Crippen LogP contribution < -0.4 is 10.1 Å². The van der Waals surface area contributed by atoms with E-state index < -0.39 is 6.61 Å². The summed E-state index contributed by atoms with van der Waals surface area (Å²) in [6.45, 7) is -0.908. The molecule has 0 radical (unpaired) electrons. The first-order valence-electron chi connectivity index (χ1n) is 7.88. The Hall–Kier alpha value is -1.65. The first-order valence-corrected chi connectivity index (χ1v) is 7.88. The number of carbonyl (C=O) groups excluding carboxylic acids is 1. The van der Waals surface area contributed by atoms with Gasteiger partial charge in [-0.05, 0) is 55.7 Å². The molecule has 5 heteroatoms. The highest BCUT2D eigenvalue weighted by Crippen LogP contribution is 2.48. The van der Waals surface area contributed by atoms with E-state index in [1.54, 1.807) is 12.1 Å². The second-order valence-corrected chi connectivity index (χ2v) is 6.46. The molecule has 120 valence electrons. The van der Waals surface area contributed by atoms with Crippen LogP contribution in [-0.4, -0.2) is 12.5 Å². The Bertz CT molecular complexity index is 532. The van der Waals surface area contributed by atoms with Crippen molar-refractivity contribution in [2.75, 3.05) is 0 Å². The van der Waals surface area contributed by atoms with Gasteiger partial charge in [-0.15, -0.1) is 0 Å².